The number of nitrogens with one attached hydrogen (secondary N) is 1. The molecule has 0 atom stereocenters. The first-order valence-corrected chi connectivity index (χ1v) is 5.99. The van der Waals surface area contributed by atoms with Crippen LogP contribution in [0.4, 0.5) is 17.2 Å². The number of nitrogen functional groups attached to an aromatic ring is 1. The van der Waals surface area contributed by atoms with Gasteiger partial charge in [-0.1, -0.05) is 17.7 Å². The summed E-state index contributed by atoms with van der Waals surface area (Å²) in [6.45, 7) is 0. The van der Waals surface area contributed by atoms with Gasteiger partial charge in [-0.3, -0.25) is 4.98 Å². The fourth-order valence-electron chi connectivity index (χ4n) is 1.76. The van der Waals surface area contributed by atoms with E-state index >= 15 is 0 Å². The van der Waals surface area contributed by atoms with Crippen LogP contribution in [0, 0.1) is 0 Å². The predicted octanol–water partition coefficient (Wildman–Crippen LogP) is 3.00. The van der Waals surface area contributed by atoms with Gasteiger partial charge in [-0.25, -0.2) is 9.97 Å². The summed E-state index contributed by atoms with van der Waals surface area (Å²) in [7, 11) is 0. The number of anilines is 3. The molecular weight excluding hydrogens is 262 g/mol. The monoisotopic (exact) mass is 271 g/mol. The van der Waals surface area contributed by atoms with Gasteiger partial charge >= 0.3 is 0 Å². The Morgan fingerprint density at radius 3 is 2.89 bits per heavy atom. The topological polar surface area (TPSA) is 76.7 Å². The van der Waals surface area contributed by atoms with Crippen LogP contribution >= 0.6 is 11.6 Å². The first-order valence-electron chi connectivity index (χ1n) is 5.62. The maximum absolute atomic E-state index is 5.85. The number of pyridine rings is 1. The normalized spacial score (nSPS) is 10.6. The summed E-state index contributed by atoms with van der Waals surface area (Å²) in [6, 6.07) is 9.69. The van der Waals surface area contributed by atoms with E-state index in [2.05, 4.69) is 20.3 Å². The third kappa shape index (κ3) is 2.28. The van der Waals surface area contributed by atoms with E-state index in [1.54, 1.807) is 6.20 Å². The van der Waals surface area contributed by atoms with Crippen LogP contribution in [-0.2, 0) is 0 Å². The highest BCUT2D eigenvalue weighted by Crippen LogP contribution is 2.26. The van der Waals surface area contributed by atoms with Crippen LogP contribution in [0.3, 0.4) is 0 Å². The molecule has 0 amide bonds. The lowest BCUT2D eigenvalue weighted by Crippen LogP contribution is -2.01. The Bertz CT molecular complexity index is 744. The SMILES string of the molecule is Nc1c(Cl)ncnc1Nc1ccc2ncccc2c1. The number of nitrogens with two attached hydrogens (primary N) is 1. The Hall–Kier alpha value is -2.40. The van der Waals surface area contributed by atoms with E-state index in [-0.39, 0.29) is 5.15 Å². The number of benzene rings is 1. The Morgan fingerprint density at radius 2 is 2.00 bits per heavy atom. The summed E-state index contributed by atoms with van der Waals surface area (Å²) >= 11 is 5.85. The zero-order chi connectivity index (χ0) is 13.2. The highest BCUT2D eigenvalue weighted by Gasteiger charge is 2.06. The van der Waals surface area contributed by atoms with Gasteiger partial charge in [0.15, 0.2) is 11.0 Å². The van der Waals surface area contributed by atoms with Gasteiger partial charge < -0.3 is 11.1 Å². The summed E-state index contributed by atoms with van der Waals surface area (Å²) in [6.07, 6.45) is 3.13. The van der Waals surface area contributed by atoms with Crippen molar-refractivity contribution in [3.8, 4) is 0 Å². The molecule has 19 heavy (non-hydrogen) atoms. The molecule has 0 saturated carbocycles. The van der Waals surface area contributed by atoms with Crippen LogP contribution in [0.5, 0.6) is 0 Å². The van der Waals surface area contributed by atoms with Crippen LogP contribution < -0.4 is 11.1 Å². The largest absolute Gasteiger partial charge is 0.393 e. The molecule has 0 aliphatic rings. The third-order valence-electron chi connectivity index (χ3n) is 2.70. The first-order chi connectivity index (χ1) is 9.24. The minimum atomic E-state index is 0.236. The zero-order valence-corrected chi connectivity index (χ0v) is 10.6. The Balaban J connectivity index is 1.99. The van der Waals surface area contributed by atoms with Crippen molar-refractivity contribution in [2.45, 2.75) is 0 Å². The molecule has 0 saturated heterocycles. The van der Waals surface area contributed by atoms with E-state index in [0.717, 1.165) is 16.6 Å². The standard InChI is InChI=1S/C13H10ClN5/c14-12-11(15)13(18-7-17-12)19-9-3-4-10-8(6-9)2-1-5-16-10/h1-7H,15H2,(H,17,18,19). The number of rotatable bonds is 2. The molecule has 0 unspecified atom stereocenters. The molecule has 94 valence electrons. The summed E-state index contributed by atoms with van der Waals surface area (Å²) in [5, 5.41) is 4.39. The fourth-order valence-corrected chi connectivity index (χ4v) is 1.90. The highest BCUT2D eigenvalue weighted by atomic mass is 35.5. The smallest absolute Gasteiger partial charge is 0.158 e. The number of halogens is 1. The summed E-state index contributed by atoms with van der Waals surface area (Å²) < 4.78 is 0. The molecule has 3 N–H and O–H groups in total. The molecule has 0 radical (unpaired) electrons. The summed E-state index contributed by atoms with van der Waals surface area (Å²) in [5.41, 5.74) is 7.94. The van der Waals surface area contributed by atoms with E-state index in [4.69, 9.17) is 17.3 Å². The lowest BCUT2D eigenvalue weighted by atomic mass is 10.2. The van der Waals surface area contributed by atoms with Crippen LogP contribution in [-0.4, -0.2) is 15.0 Å². The molecule has 1 aromatic carbocycles. The molecule has 2 heterocycles. The first kappa shape index (κ1) is 11.7. The van der Waals surface area contributed by atoms with Crippen molar-refractivity contribution in [3.63, 3.8) is 0 Å². The van der Waals surface area contributed by atoms with Gasteiger partial charge in [0.2, 0.25) is 0 Å². The minimum Gasteiger partial charge on any atom is -0.393 e. The molecule has 5 nitrogen and oxygen atoms in total. The van der Waals surface area contributed by atoms with Gasteiger partial charge in [0, 0.05) is 17.3 Å². The Labute approximate surface area is 114 Å². The average Bonchev–Trinajstić information content (AvgIpc) is 2.44. The number of hydrogen-bond acceptors (Lipinski definition) is 5. The Kier molecular flexibility index (Phi) is 2.89. The van der Waals surface area contributed by atoms with Crippen LogP contribution in [0.15, 0.2) is 42.9 Å². The maximum Gasteiger partial charge on any atom is 0.158 e. The number of aromatic nitrogens is 3. The van der Waals surface area contributed by atoms with Gasteiger partial charge in [-0.15, -0.1) is 0 Å². The van der Waals surface area contributed by atoms with E-state index in [0.29, 0.717) is 11.5 Å². The second kappa shape index (κ2) is 4.70. The summed E-state index contributed by atoms with van der Waals surface area (Å²) in [5.74, 6) is 0.489. The number of fused-ring (bicyclic) bond motifs is 1. The molecule has 2 aromatic heterocycles. The van der Waals surface area contributed by atoms with Gasteiger partial charge in [-0.05, 0) is 24.3 Å². The van der Waals surface area contributed by atoms with Crippen LogP contribution in [0.2, 0.25) is 5.15 Å². The zero-order valence-electron chi connectivity index (χ0n) is 9.84. The second-order valence-electron chi connectivity index (χ2n) is 3.96. The van der Waals surface area contributed by atoms with E-state index in [1.165, 1.54) is 6.33 Å². The molecule has 6 heteroatoms. The number of nitrogens with zero attached hydrogens (tertiary/aromatic N) is 3. The summed E-state index contributed by atoms with van der Waals surface area (Å²) in [4.78, 5) is 12.1. The number of hydrogen-bond donors (Lipinski definition) is 2. The van der Waals surface area contributed by atoms with Crippen molar-refractivity contribution < 1.29 is 0 Å². The van der Waals surface area contributed by atoms with Crippen molar-refractivity contribution in [3.05, 3.63) is 48.0 Å². The van der Waals surface area contributed by atoms with Crippen LogP contribution in [0.1, 0.15) is 0 Å². The van der Waals surface area contributed by atoms with Crippen molar-refractivity contribution in [2.75, 3.05) is 11.1 Å². The molecule has 0 bridgehead atoms. The molecule has 3 rings (SSSR count). The lowest BCUT2D eigenvalue weighted by Gasteiger charge is -2.09. The quantitative estimate of drug-likeness (QED) is 0.701. The second-order valence-corrected chi connectivity index (χ2v) is 4.32. The molecule has 0 spiro atoms. The molecular formula is C13H10ClN5. The maximum atomic E-state index is 5.85. The van der Waals surface area contributed by atoms with Gasteiger partial charge in [0.1, 0.15) is 12.0 Å². The van der Waals surface area contributed by atoms with Crippen molar-refractivity contribution in [2.24, 2.45) is 0 Å². The van der Waals surface area contributed by atoms with E-state index in [1.807, 2.05) is 30.3 Å². The van der Waals surface area contributed by atoms with Gasteiger partial charge in [0.05, 0.1) is 5.52 Å². The molecule has 0 aliphatic heterocycles. The van der Waals surface area contributed by atoms with Crippen molar-refractivity contribution >= 4 is 39.7 Å². The average molecular weight is 272 g/mol. The molecule has 3 aromatic rings. The van der Waals surface area contributed by atoms with Gasteiger partial charge in [0.25, 0.3) is 0 Å². The third-order valence-corrected chi connectivity index (χ3v) is 3.00. The minimum absolute atomic E-state index is 0.236. The fraction of sp³-hybridized carbons (Fsp3) is 0. The highest BCUT2D eigenvalue weighted by molar-refractivity contribution is 6.32. The van der Waals surface area contributed by atoms with E-state index < -0.39 is 0 Å². The Morgan fingerprint density at radius 1 is 1.11 bits per heavy atom. The van der Waals surface area contributed by atoms with Gasteiger partial charge in [-0.2, -0.15) is 0 Å². The molecule has 0 aliphatic carbocycles. The van der Waals surface area contributed by atoms with Crippen molar-refractivity contribution in [1.82, 2.24) is 15.0 Å². The van der Waals surface area contributed by atoms with Crippen molar-refractivity contribution in [1.29, 1.82) is 0 Å². The predicted molar refractivity (Wildman–Crippen MR) is 76.5 cm³/mol. The molecule has 0 fully saturated rings. The van der Waals surface area contributed by atoms with Crippen LogP contribution in [0.25, 0.3) is 10.9 Å². The lowest BCUT2D eigenvalue weighted by molar-refractivity contribution is 1.17. The van der Waals surface area contributed by atoms with E-state index in [9.17, 15) is 0 Å².